The molecule has 0 bridgehead atoms. The number of Topliss-reactive ketones (excluding diaryl/α,β-unsaturated/α-hetero) is 1. The topological polar surface area (TPSA) is 118 Å². The first kappa shape index (κ1) is 14.3. The monoisotopic (exact) mass is 281 g/mol. The van der Waals surface area contributed by atoms with Crippen molar-refractivity contribution in [2.24, 2.45) is 0 Å². The summed E-state index contributed by atoms with van der Waals surface area (Å²) in [6, 6.07) is 1.20. The van der Waals surface area contributed by atoms with Gasteiger partial charge in [0, 0.05) is 24.1 Å². The van der Waals surface area contributed by atoms with Crippen molar-refractivity contribution in [1.29, 1.82) is 0 Å². The number of carbonyl (C=O) groups is 2. The van der Waals surface area contributed by atoms with E-state index in [4.69, 9.17) is 10.2 Å². The van der Waals surface area contributed by atoms with Crippen LogP contribution in [0, 0.1) is 0 Å². The number of β-amino-alcohol motifs (C(OH)–C–C–N with tert-alkyl or cyclic N) is 1. The van der Waals surface area contributed by atoms with E-state index in [1.54, 1.807) is 0 Å². The smallest absolute Gasteiger partial charge is 0.254 e. The van der Waals surface area contributed by atoms with E-state index in [1.807, 2.05) is 0 Å². The summed E-state index contributed by atoms with van der Waals surface area (Å²) in [5.41, 5.74) is 0.483. The molecular weight excluding hydrogens is 266 g/mol. The molecule has 1 aromatic carbocycles. The minimum absolute atomic E-state index is 0.00134. The van der Waals surface area contributed by atoms with E-state index in [1.165, 1.54) is 11.0 Å². The van der Waals surface area contributed by atoms with Crippen LogP contribution in [0.1, 0.15) is 21.5 Å². The average molecular weight is 281 g/mol. The molecule has 1 aromatic rings. The van der Waals surface area contributed by atoms with E-state index in [-0.39, 0.29) is 54.7 Å². The van der Waals surface area contributed by atoms with E-state index in [9.17, 15) is 19.8 Å². The second-order valence-corrected chi connectivity index (χ2v) is 4.57. The Morgan fingerprint density at radius 1 is 1.30 bits per heavy atom. The van der Waals surface area contributed by atoms with Crippen LogP contribution in [0.4, 0.5) is 0 Å². The lowest BCUT2D eigenvalue weighted by Gasteiger charge is -2.12. The van der Waals surface area contributed by atoms with Gasteiger partial charge >= 0.3 is 0 Å². The SMILES string of the molecule is O=C(CO)Cc1c(O)cc2c(c1O)CN(CCO)C2=O. The van der Waals surface area contributed by atoms with Gasteiger partial charge in [0.1, 0.15) is 18.1 Å². The number of aliphatic hydroxyl groups is 2. The van der Waals surface area contributed by atoms with Gasteiger partial charge in [-0.1, -0.05) is 0 Å². The summed E-state index contributed by atoms with van der Waals surface area (Å²) in [6.07, 6.45) is -0.310. The average Bonchev–Trinajstić information content (AvgIpc) is 2.73. The first-order valence-electron chi connectivity index (χ1n) is 6.09. The Labute approximate surface area is 114 Å². The first-order chi connectivity index (χ1) is 9.49. The molecular formula is C13H15NO6. The second-order valence-electron chi connectivity index (χ2n) is 4.57. The molecule has 0 aliphatic carbocycles. The standard InChI is InChI=1S/C13H15NO6/c15-2-1-14-5-10-8(13(14)20)4-11(18)9(12(10)19)3-7(17)6-16/h4,15-16,18-19H,1-3,5-6H2. The van der Waals surface area contributed by atoms with Gasteiger partial charge in [-0.3, -0.25) is 9.59 Å². The zero-order valence-electron chi connectivity index (χ0n) is 10.7. The molecule has 0 atom stereocenters. The van der Waals surface area contributed by atoms with Gasteiger partial charge in [0.25, 0.3) is 5.91 Å². The predicted molar refractivity (Wildman–Crippen MR) is 67.4 cm³/mol. The molecule has 7 heteroatoms. The van der Waals surface area contributed by atoms with Gasteiger partial charge in [-0.2, -0.15) is 0 Å². The van der Waals surface area contributed by atoms with E-state index in [0.717, 1.165) is 0 Å². The molecule has 4 N–H and O–H groups in total. The van der Waals surface area contributed by atoms with Crippen molar-refractivity contribution in [1.82, 2.24) is 4.90 Å². The number of aliphatic hydroxyl groups excluding tert-OH is 2. The van der Waals surface area contributed by atoms with E-state index in [2.05, 4.69) is 0 Å². The summed E-state index contributed by atoms with van der Waals surface area (Å²) >= 11 is 0. The molecule has 1 amide bonds. The number of amides is 1. The third-order valence-electron chi connectivity index (χ3n) is 3.27. The molecule has 20 heavy (non-hydrogen) atoms. The van der Waals surface area contributed by atoms with Crippen LogP contribution in [0.25, 0.3) is 0 Å². The summed E-state index contributed by atoms with van der Waals surface area (Å²) in [5, 5.41) is 37.5. The molecule has 0 saturated heterocycles. The molecule has 108 valence electrons. The molecule has 0 spiro atoms. The second kappa shape index (κ2) is 5.48. The largest absolute Gasteiger partial charge is 0.507 e. The van der Waals surface area contributed by atoms with Gasteiger partial charge in [-0.25, -0.2) is 0 Å². The van der Waals surface area contributed by atoms with Gasteiger partial charge in [0.2, 0.25) is 0 Å². The fourth-order valence-corrected chi connectivity index (χ4v) is 2.25. The number of carbonyl (C=O) groups excluding carboxylic acids is 2. The molecule has 1 aliphatic heterocycles. The number of hydrogen-bond acceptors (Lipinski definition) is 6. The van der Waals surface area contributed by atoms with Gasteiger partial charge in [-0.05, 0) is 6.07 Å². The van der Waals surface area contributed by atoms with Crippen molar-refractivity contribution < 1.29 is 30.0 Å². The number of hydrogen-bond donors (Lipinski definition) is 4. The number of ketones is 1. The summed E-state index contributed by atoms with van der Waals surface area (Å²) in [7, 11) is 0. The Kier molecular flexibility index (Phi) is 3.91. The fraction of sp³-hybridized carbons (Fsp3) is 0.385. The van der Waals surface area contributed by atoms with Gasteiger partial charge in [0.05, 0.1) is 18.7 Å². The van der Waals surface area contributed by atoms with Crippen molar-refractivity contribution in [3.05, 3.63) is 22.8 Å². The summed E-state index contributed by atoms with van der Waals surface area (Å²) in [6.45, 7) is -0.659. The van der Waals surface area contributed by atoms with Crippen LogP contribution in [0.5, 0.6) is 11.5 Å². The normalized spacial score (nSPS) is 13.7. The van der Waals surface area contributed by atoms with Crippen molar-refractivity contribution in [3.63, 3.8) is 0 Å². The predicted octanol–water partition coefficient (Wildman–Crippen LogP) is -0.850. The van der Waals surface area contributed by atoms with Crippen molar-refractivity contribution in [3.8, 4) is 11.5 Å². The lowest BCUT2D eigenvalue weighted by Crippen LogP contribution is -2.26. The Balaban J connectivity index is 2.41. The Morgan fingerprint density at radius 2 is 2.00 bits per heavy atom. The molecule has 7 nitrogen and oxygen atoms in total. The molecule has 0 radical (unpaired) electrons. The Bertz CT molecular complexity index is 568. The zero-order valence-corrected chi connectivity index (χ0v) is 10.7. The fourth-order valence-electron chi connectivity index (χ4n) is 2.25. The highest BCUT2D eigenvalue weighted by Crippen LogP contribution is 2.38. The summed E-state index contributed by atoms with van der Waals surface area (Å²) < 4.78 is 0. The van der Waals surface area contributed by atoms with Crippen molar-refractivity contribution in [2.45, 2.75) is 13.0 Å². The van der Waals surface area contributed by atoms with Crippen LogP contribution in [0.15, 0.2) is 6.07 Å². The quantitative estimate of drug-likeness (QED) is 0.558. The highest BCUT2D eigenvalue weighted by molar-refractivity contribution is 6.00. The van der Waals surface area contributed by atoms with E-state index in [0.29, 0.717) is 5.56 Å². The van der Waals surface area contributed by atoms with Crippen molar-refractivity contribution in [2.75, 3.05) is 19.8 Å². The van der Waals surface area contributed by atoms with Crippen LogP contribution in [0.3, 0.4) is 0 Å². The van der Waals surface area contributed by atoms with Gasteiger partial charge < -0.3 is 25.3 Å². The number of phenols is 2. The summed E-state index contributed by atoms with van der Waals surface area (Å²) in [4.78, 5) is 24.5. The van der Waals surface area contributed by atoms with Crippen LogP contribution in [-0.4, -0.2) is 56.8 Å². The van der Waals surface area contributed by atoms with Crippen LogP contribution < -0.4 is 0 Å². The third kappa shape index (κ3) is 2.33. The molecule has 2 rings (SSSR count). The maximum absolute atomic E-state index is 12.0. The number of aromatic hydroxyl groups is 2. The van der Waals surface area contributed by atoms with E-state index < -0.39 is 12.4 Å². The zero-order chi connectivity index (χ0) is 14.9. The number of phenolic OH excluding ortho intramolecular Hbond substituents is 2. The maximum Gasteiger partial charge on any atom is 0.254 e. The molecule has 1 heterocycles. The molecule has 0 saturated carbocycles. The number of fused-ring (bicyclic) bond motifs is 1. The van der Waals surface area contributed by atoms with Crippen LogP contribution >= 0.6 is 0 Å². The molecule has 0 unspecified atom stereocenters. The third-order valence-corrected chi connectivity index (χ3v) is 3.27. The van der Waals surface area contributed by atoms with Gasteiger partial charge in [-0.15, -0.1) is 0 Å². The lowest BCUT2D eigenvalue weighted by molar-refractivity contribution is -0.121. The lowest BCUT2D eigenvalue weighted by atomic mass is 9.99. The number of benzene rings is 1. The minimum atomic E-state index is -0.689. The van der Waals surface area contributed by atoms with Crippen molar-refractivity contribution >= 4 is 11.7 Å². The Morgan fingerprint density at radius 3 is 2.60 bits per heavy atom. The molecule has 0 aromatic heterocycles. The number of rotatable bonds is 5. The van der Waals surface area contributed by atoms with Gasteiger partial charge in [0.15, 0.2) is 5.78 Å². The molecule has 0 fully saturated rings. The highest BCUT2D eigenvalue weighted by Gasteiger charge is 2.32. The summed E-state index contributed by atoms with van der Waals surface area (Å²) in [5.74, 6) is -1.61. The Hall–Kier alpha value is -2.12. The van der Waals surface area contributed by atoms with Crippen LogP contribution in [0.2, 0.25) is 0 Å². The highest BCUT2D eigenvalue weighted by atomic mass is 16.3. The minimum Gasteiger partial charge on any atom is -0.507 e. The van der Waals surface area contributed by atoms with E-state index >= 15 is 0 Å². The number of nitrogens with zero attached hydrogens (tertiary/aromatic N) is 1. The molecule has 1 aliphatic rings. The van der Waals surface area contributed by atoms with Crippen LogP contribution in [-0.2, 0) is 17.8 Å². The maximum atomic E-state index is 12.0. The first-order valence-corrected chi connectivity index (χ1v) is 6.09.